The number of aromatic nitrogens is 1. The molecule has 1 aliphatic heterocycles. The molecule has 0 aliphatic carbocycles. The number of nitrogens with zero attached hydrogens (tertiary/aromatic N) is 2. The van der Waals surface area contributed by atoms with Crippen molar-refractivity contribution in [1.82, 2.24) is 9.88 Å². The molecule has 2 heterocycles. The van der Waals surface area contributed by atoms with Crippen molar-refractivity contribution in [3.05, 3.63) is 18.0 Å². The number of hydrogen-bond acceptors (Lipinski definition) is 5. The SMILES string of the molecule is Nc1cnc(C(F)(F)F)cc1NCCN1CCSCC1. The number of thioether (sulfide) groups is 1. The number of nitrogens with two attached hydrogens (primary N) is 1. The molecule has 0 amide bonds. The van der Waals surface area contributed by atoms with Crippen molar-refractivity contribution in [2.75, 3.05) is 48.7 Å². The summed E-state index contributed by atoms with van der Waals surface area (Å²) in [4.78, 5) is 5.59. The van der Waals surface area contributed by atoms with Gasteiger partial charge in [0.25, 0.3) is 0 Å². The van der Waals surface area contributed by atoms with E-state index in [1.807, 2.05) is 11.8 Å². The van der Waals surface area contributed by atoms with Crippen LogP contribution in [0.25, 0.3) is 0 Å². The van der Waals surface area contributed by atoms with Gasteiger partial charge in [0, 0.05) is 37.7 Å². The summed E-state index contributed by atoms with van der Waals surface area (Å²) in [6.45, 7) is 3.40. The fourth-order valence-electron chi connectivity index (χ4n) is 1.95. The van der Waals surface area contributed by atoms with Crippen LogP contribution in [0.2, 0.25) is 0 Å². The van der Waals surface area contributed by atoms with E-state index < -0.39 is 11.9 Å². The zero-order valence-corrected chi connectivity index (χ0v) is 11.7. The average molecular weight is 306 g/mol. The lowest BCUT2D eigenvalue weighted by molar-refractivity contribution is -0.141. The van der Waals surface area contributed by atoms with Crippen LogP contribution < -0.4 is 11.1 Å². The Balaban J connectivity index is 1.91. The van der Waals surface area contributed by atoms with Crippen molar-refractivity contribution in [2.24, 2.45) is 0 Å². The molecule has 1 saturated heterocycles. The first-order valence-electron chi connectivity index (χ1n) is 6.33. The summed E-state index contributed by atoms with van der Waals surface area (Å²) in [5, 5.41) is 2.96. The third kappa shape index (κ3) is 4.17. The molecule has 0 bridgehead atoms. The van der Waals surface area contributed by atoms with Gasteiger partial charge in [0.05, 0.1) is 17.6 Å². The van der Waals surface area contributed by atoms with Crippen LogP contribution in [0.5, 0.6) is 0 Å². The van der Waals surface area contributed by atoms with Crippen LogP contribution in [0.1, 0.15) is 5.69 Å². The normalized spacial score (nSPS) is 17.1. The topological polar surface area (TPSA) is 54.2 Å². The van der Waals surface area contributed by atoms with Crippen LogP contribution >= 0.6 is 11.8 Å². The summed E-state index contributed by atoms with van der Waals surface area (Å²) in [5.74, 6) is 2.21. The first-order chi connectivity index (χ1) is 9.47. The molecule has 1 aliphatic rings. The van der Waals surface area contributed by atoms with Gasteiger partial charge in [-0.2, -0.15) is 24.9 Å². The fraction of sp³-hybridized carbons (Fsp3) is 0.583. The standard InChI is InChI=1S/C12H17F3N4S/c13-12(14,15)11-7-10(9(16)8-18-11)17-1-2-19-3-5-20-6-4-19/h7-8H,1-6,16H2,(H,17,18). The maximum Gasteiger partial charge on any atom is 0.433 e. The number of alkyl halides is 3. The summed E-state index contributed by atoms with van der Waals surface area (Å²) < 4.78 is 37.7. The Labute approximate surface area is 119 Å². The summed E-state index contributed by atoms with van der Waals surface area (Å²) in [7, 11) is 0. The number of nitrogen functional groups attached to an aromatic ring is 1. The van der Waals surface area contributed by atoms with Gasteiger partial charge in [-0.15, -0.1) is 0 Å². The minimum absolute atomic E-state index is 0.229. The number of pyridine rings is 1. The van der Waals surface area contributed by atoms with Crippen molar-refractivity contribution < 1.29 is 13.2 Å². The highest BCUT2D eigenvalue weighted by Crippen LogP contribution is 2.30. The first kappa shape index (κ1) is 15.2. The Morgan fingerprint density at radius 3 is 2.70 bits per heavy atom. The van der Waals surface area contributed by atoms with Gasteiger partial charge in [0.15, 0.2) is 0 Å². The molecule has 4 nitrogen and oxygen atoms in total. The molecule has 0 spiro atoms. The molecular weight excluding hydrogens is 289 g/mol. The van der Waals surface area contributed by atoms with E-state index >= 15 is 0 Å². The maximum atomic E-state index is 12.6. The highest BCUT2D eigenvalue weighted by molar-refractivity contribution is 7.99. The molecule has 0 atom stereocenters. The van der Waals surface area contributed by atoms with Gasteiger partial charge in [-0.1, -0.05) is 0 Å². The molecule has 1 aromatic rings. The number of anilines is 2. The van der Waals surface area contributed by atoms with Crippen LogP contribution in [0.4, 0.5) is 24.5 Å². The highest BCUT2D eigenvalue weighted by atomic mass is 32.2. The predicted molar refractivity (Wildman–Crippen MR) is 75.9 cm³/mol. The van der Waals surface area contributed by atoms with Crippen molar-refractivity contribution >= 4 is 23.1 Å². The van der Waals surface area contributed by atoms with Crippen LogP contribution in [0, 0.1) is 0 Å². The van der Waals surface area contributed by atoms with Gasteiger partial charge in [0.2, 0.25) is 0 Å². The van der Waals surface area contributed by atoms with E-state index in [4.69, 9.17) is 5.73 Å². The second kappa shape index (κ2) is 6.53. The zero-order valence-electron chi connectivity index (χ0n) is 10.9. The van der Waals surface area contributed by atoms with Crippen LogP contribution in [0.3, 0.4) is 0 Å². The van der Waals surface area contributed by atoms with Gasteiger partial charge in [-0.25, -0.2) is 4.98 Å². The van der Waals surface area contributed by atoms with Crippen molar-refractivity contribution in [1.29, 1.82) is 0 Å². The second-order valence-corrected chi connectivity index (χ2v) is 5.76. The fourth-order valence-corrected chi connectivity index (χ4v) is 2.93. The van der Waals surface area contributed by atoms with Gasteiger partial charge < -0.3 is 11.1 Å². The molecule has 112 valence electrons. The van der Waals surface area contributed by atoms with E-state index in [1.54, 1.807) is 0 Å². The summed E-state index contributed by atoms with van der Waals surface area (Å²) in [5.41, 5.74) is 5.23. The van der Waals surface area contributed by atoms with E-state index in [1.165, 1.54) is 0 Å². The first-order valence-corrected chi connectivity index (χ1v) is 7.49. The monoisotopic (exact) mass is 306 g/mol. The molecule has 1 fully saturated rings. The Bertz CT molecular complexity index is 447. The lowest BCUT2D eigenvalue weighted by Gasteiger charge is -2.26. The lowest BCUT2D eigenvalue weighted by Crippen LogP contribution is -2.36. The van der Waals surface area contributed by atoms with Crippen LogP contribution in [-0.2, 0) is 6.18 Å². The molecule has 3 N–H and O–H groups in total. The third-order valence-corrected chi connectivity index (χ3v) is 4.01. The van der Waals surface area contributed by atoms with Crippen molar-refractivity contribution in [3.63, 3.8) is 0 Å². The zero-order chi connectivity index (χ0) is 14.6. The van der Waals surface area contributed by atoms with Gasteiger partial charge in [-0.05, 0) is 6.07 Å². The molecule has 2 rings (SSSR count). The van der Waals surface area contributed by atoms with E-state index in [9.17, 15) is 13.2 Å². The Hall–Kier alpha value is -1.15. The number of rotatable bonds is 4. The minimum atomic E-state index is -4.45. The second-order valence-electron chi connectivity index (χ2n) is 4.54. The Morgan fingerprint density at radius 2 is 2.05 bits per heavy atom. The molecule has 1 aromatic heterocycles. The number of hydrogen-bond donors (Lipinski definition) is 2. The Kier molecular flexibility index (Phi) is 4.98. The van der Waals surface area contributed by atoms with Crippen molar-refractivity contribution in [2.45, 2.75) is 6.18 Å². The molecule has 0 unspecified atom stereocenters. The summed E-state index contributed by atoms with van der Waals surface area (Å²) in [6.07, 6.45) is -3.41. The molecule has 0 saturated carbocycles. The molecule has 8 heteroatoms. The van der Waals surface area contributed by atoms with E-state index in [-0.39, 0.29) is 5.69 Å². The summed E-state index contributed by atoms with van der Waals surface area (Å²) >= 11 is 1.92. The number of nitrogens with one attached hydrogen (secondary N) is 1. The quantitative estimate of drug-likeness (QED) is 0.892. The highest BCUT2D eigenvalue weighted by Gasteiger charge is 2.32. The van der Waals surface area contributed by atoms with E-state index in [0.29, 0.717) is 12.2 Å². The van der Waals surface area contributed by atoms with Crippen molar-refractivity contribution in [3.8, 4) is 0 Å². The minimum Gasteiger partial charge on any atom is -0.396 e. The molecule has 0 radical (unpaired) electrons. The molecule has 20 heavy (non-hydrogen) atoms. The van der Waals surface area contributed by atoms with Crippen LogP contribution in [0.15, 0.2) is 12.3 Å². The number of halogens is 3. The van der Waals surface area contributed by atoms with E-state index in [2.05, 4.69) is 15.2 Å². The van der Waals surface area contributed by atoms with Gasteiger partial charge >= 0.3 is 6.18 Å². The largest absolute Gasteiger partial charge is 0.433 e. The average Bonchev–Trinajstić information content (AvgIpc) is 2.41. The smallest absolute Gasteiger partial charge is 0.396 e. The molecular formula is C12H17F3N4S. The van der Waals surface area contributed by atoms with Gasteiger partial charge in [0.1, 0.15) is 5.69 Å². The third-order valence-electron chi connectivity index (χ3n) is 3.07. The van der Waals surface area contributed by atoms with Crippen LogP contribution in [-0.4, -0.2) is 47.6 Å². The maximum absolute atomic E-state index is 12.6. The predicted octanol–water partition coefficient (Wildman–Crippen LogP) is 2.14. The van der Waals surface area contributed by atoms with E-state index in [0.717, 1.165) is 43.4 Å². The lowest BCUT2D eigenvalue weighted by atomic mass is 10.2. The Morgan fingerprint density at radius 1 is 1.35 bits per heavy atom. The summed E-state index contributed by atoms with van der Waals surface area (Å²) in [6, 6.07) is 0.960. The van der Waals surface area contributed by atoms with Gasteiger partial charge in [-0.3, -0.25) is 4.90 Å². The molecule has 0 aromatic carbocycles.